The Labute approximate surface area is 138 Å². The van der Waals surface area contributed by atoms with Crippen LogP contribution in [0.5, 0.6) is 0 Å². The molecule has 2 rings (SSSR count). The first-order valence-electron chi connectivity index (χ1n) is 8.32. The Bertz CT molecular complexity index is 463. The molecule has 0 aliphatic carbocycles. The number of imidazole rings is 1. The summed E-state index contributed by atoms with van der Waals surface area (Å²) in [4.78, 5) is 9.12. The molecule has 0 bridgehead atoms. The van der Waals surface area contributed by atoms with Gasteiger partial charge in [-0.1, -0.05) is 13.8 Å². The number of hydrogen-bond donors (Lipinski definition) is 2. The molecule has 0 saturated carbocycles. The fourth-order valence-corrected chi connectivity index (χ4v) is 3.76. The molecule has 1 aliphatic rings. The molecule has 6 heteroatoms. The number of aliphatic imine (C=N–C) groups is 1. The van der Waals surface area contributed by atoms with Crippen molar-refractivity contribution >= 4 is 17.7 Å². The Hall–Kier alpha value is -1.17. The molecule has 2 heterocycles. The molecule has 1 aromatic heterocycles. The number of aromatic nitrogens is 2. The molecular formula is C16H29N5S. The van der Waals surface area contributed by atoms with Gasteiger partial charge in [0.05, 0.1) is 0 Å². The van der Waals surface area contributed by atoms with Crippen molar-refractivity contribution in [3.8, 4) is 0 Å². The molecule has 1 saturated heterocycles. The minimum atomic E-state index is 0.614. The van der Waals surface area contributed by atoms with Gasteiger partial charge in [-0.15, -0.1) is 0 Å². The summed E-state index contributed by atoms with van der Waals surface area (Å²) in [6, 6.07) is 0. The van der Waals surface area contributed by atoms with Crippen LogP contribution in [0.2, 0.25) is 0 Å². The summed E-state index contributed by atoms with van der Waals surface area (Å²) >= 11 is 2.07. The van der Waals surface area contributed by atoms with Crippen LogP contribution in [0.25, 0.3) is 0 Å². The minimum Gasteiger partial charge on any atom is -0.357 e. The smallest absolute Gasteiger partial charge is 0.191 e. The number of nitrogens with one attached hydrogen (secondary N) is 2. The fourth-order valence-electron chi connectivity index (χ4n) is 2.56. The van der Waals surface area contributed by atoms with Crippen LogP contribution < -0.4 is 10.6 Å². The van der Waals surface area contributed by atoms with E-state index in [4.69, 9.17) is 0 Å². The maximum atomic E-state index is 4.69. The van der Waals surface area contributed by atoms with Crippen LogP contribution in [-0.4, -0.2) is 39.6 Å². The highest BCUT2D eigenvalue weighted by Crippen LogP contribution is 2.25. The van der Waals surface area contributed by atoms with Crippen molar-refractivity contribution in [3.63, 3.8) is 0 Å². The highest BCUT2D eigenvalue weighted by molar-refractivity contribution is 8.00. The van der Waals surface area contributed by atoms with Gasteiger partial charge >= 0.3 is 0 Å². The van der Waals surface area contributed by atoms with E-state index in [-0.39, 0.29) is 0 Å². The second kappa shape index (κ2) is 9.08. The molecule has 22 heavy (non-hydrogen) atoms. The molecule has 5 nitrogen and oxygen atoms in total. The van der Waals surface area contributed by atoms with Crippen LogP contribution in [0, 0.1) is 5.92 Å². The maximum Gasteiger partial charge on any atom is 0.191 e. The Morgan fingerprint density at radius 3 is 3.05 bits per heavy atom. The normalized spacial score (nSPS) is 18.9. The van der Waals surface area contributed by atoms with Crippen molar-refractivity contribution in [2.75, 3.05) is 18.8 Å². The maximum absolute atomic E-state index is 4.69. The van der Waals surface area contributed by atoms with Crippen LogP contribution in [0.4, 0.5) is 0 Å². The molecular weight excluding hydrogens is 294 g/mol. The third kappa shape index (κ3) is 5.55. The summed E-state index contributed by atoms with van der Waals surface area (Å²) < 4.78 is 2.20. The lowest BCUT2D eigenvalue weighted by atomic mass is 10.2. The van der Waals surface area contributed by atoms with Gasteiger partial charge in [0.15, 0.2) is 5.96 Å². The van der Waals surface area contributed by atoms with Crippen LogP contribution in [0.3, 0.4) is 0 Å². The monoisotopic (exact) mass is 323 g/mol. The van der Waals surface area contributed by atoms with Crippen LogP contribution in [0.1, 0.15) is 39.4 Å². The topological polar surface area (TPSA) is 54.2 Å². The van der Waals surface area contributed by atoms with E-state index in [1.165, 1.54) is 18.6 Å². The zero-order valence-electron chi connectivity index (χ0n) is 14.0. The molecule has 0 amide bonds. The highest BCUT2D eigenvalue weighted by atomic mass is 32.2. The summed E-state index contributed by atoms with van der Waals surface area (Å²) in [5.41, 5.74) is 0. The van der Waals surface area contributed by atoms with Crippen LogP contribution in [0.15, 0.2) is 17.4 Å². The Morgan fingerprint density at radius 1 is 1.50 bits per heavy atom. The standard InChI is InChI=1S/C16H29N5S/c1-4-17-16(19-10-14-6-5-9-22-14)20-11-15-18-7-8-21(15)12-13(2)3/h7-8,13-14H,4-6,9-12H2,1-3H3,(H2,17,19,20). The average Bonchev–Trinajstić information content (AvgIpc) is 3.13. The molecule has 124 valence electrons. The van der Waals surface area contributed by atoms with E-state index in [0.29, 0.717) is 12.5 Å². The number of hydrogen-bond acceptors (Lipinski definition) is 3. The lowest BCUT2D eigenvalue weighted by Gasteiger charge is -2.15. The molecule has 1 unspecified atom stereocenters. The highest BCUT2D eigenvalue weighted by Gasteiger charge is 2.15. The van der Waals surface area contributed by atoms with Crippen molar-refractivity contribution in [2.45, 2.75) is 52.0 Å². The summed E-state index contributed by atoms with van der Waals surface area (Å²) in [6.07, 6.45) is 6.57. The predicted molar refractivity (Wildman–Crippen MR) is 95.4 cm³/mol. The van der Waals surface area contributed by atoms with Gasteiger partial charge in [-0.05, 0) is 31.4 Å². The largest absolute Gasteiger partial charge is 0.357 e. The van der Waals surface area contributed by atoms with E-state index in [1.54, 1.807) is 0 Å². The van der Waals surface area contributed by atoms with Gasteiger partial charge in [0.1, 0.15) is 12.4 Å². The molecule has 0 radical (unpaired) electrons. The van der Waals surface area contributed by atoms with Crippen molar-refractivity contribution in [2.24, 2.45) is 10.9 Å². The molecule has 1 atom stereocenters. The molecule has 0 spiro atoms. The number of guanidine groups is 1. The predicted octanol–water partition coefficient (Wildman–Crippen LogP) is 2.49. The van der Waals surface area contributed by atoms with Gasteiger partial charge in [-0.3, -0.25) is 0 Å². The van der Waals surface area contributed by atoms with Gasteiger partial charge in [0.2, 0.25) is 0 Å². The van der Waals surface area contributed by atoms with Crippen molar-refractivity contribution in [1.82, 2.24) is 20.2 Å². The minimum absolute atomic E-state index is 0.614. The Balaban J connectivity index is 1.89. The van der Waals surface area contributed by atoms with E-state index in [1.807, 2.05) is 12.4 Å². The zero-order valence-corrected chi connectivity index (χ0v) is 14.8. The first-order chi connectivity index (χ1) is 10.7. The lowest BCUT2D eigenvalue weighted by Crippen LogP contribution is -2.40. The zero-order chi connectivity index (χ0) is 15.8. The van der Waals surface area contributed by atoms with Crippen molar-refractivity contribution in [1.29, 1.82) is 0 Å². The first-order valence-corrected chi connectivity index (χ1v) is 9.37. The van der Waals surface area contributed by atoms with Crippen LogP contribution in [-0.2, 0) is 13.1 Å². The molecule has 2 N–H and O–H groups in total. The number of thioether (sulfide) groups is 1. The fraction of sp³-hybridized carbons (Fsp3) is 0.750. The van der Waals surface area contributed by atoms with E-state index < -0.39 is 0 Å². The van der Waals surface area contributed by atoms with E-state index in [9.17, 15) is 0 Å². The Kier molecular flexibility index (Phi) is 7.09. The average molecular weight is 324 g/mol. The number of rotatable bonds is 7. The third-order valence-corrected chi connectivity index (χ3v) is 5.01. The summed E-state index contributed by atoms with van der Waals surface area (Å²) in [5, 5.41) is 7.52. The molecule has 1 fully saturated rings. The van der Waals surface area contributed by atoms with Gasteiger partial charge in [0, 0.05) is 37.3 Å². The van der Waals surface area contributed by atoms with Gasteiger partial charge in [0.25, 0.3) is 0 Å². The number of nitrogens with zero attached hydrogens (tertiary/aromatic N) is 3. The summed E-state index contributed by atoms with van der Waals surface area (Å²) in [7, 11) is 0. The SMILES string of the molecule is CCNC(=NCc1nccn1CC(C)C)NCC1CCCS1. The quantitative estimate of drug-likeness (QED) is 0.598. The second-order valence-corrected chi connectivity index (χ2v) is 7.51. The lowest BCUT2D eigenvalue weighted by molar-refractivity contribution is 0.507. The van der Waals surface area contributed by atoms with Gasteiger partial charge in [-0.25, -0.2) is 9.98 Å². The van der Waals surface area contributed by atoms with Gasteiger partial charge < -0.3 is 15.2 Å². The van der Waals surface area contributed by atoms with Crippen LogP contribution >= 0.6 is 11.8 Å². The first kappa shape index (κ1) is 17.2. The van der Waals surface area contributed by atoms with E-state index >= 15 is 0 Å². The van der Waals surface area contributed by atoms with Crippen molar-refractivity contribution < 1.29 is 0 Å². The Morgan fingerprint density at radius 2 is 2.36 bits per heavy atom. The van der Waals surface area contributed by atoms with E-state index in [0.717, 1.165) is 36.7 Å². The molecule has 0 aromatic carbocycles. The molecule has 1 aromatic rings. The second-order valence-electron chi connectivity index (χ2n) is 6.10. The van der Waals surface area contributed by atoms with E-state index in [2.05, 4.69) is 57.7 Å². The summed E-state index contributed by atoms with van der Waals surface area (Å²) in [6.45, 7) is 10.0. The molecule has 1 aliphatic heterocycles. The third-order valence-electron chi connectivity index (χ3n) is 3.61. The van der Waals surface area contributed by atoms with Crippen molar-refractivity contribution in [3.05, 3.63) is 18.2 Å². The van der Waals surface area contributed by atoms with Gasteiger partial charge in [-0.2, -0.15) is 11.8 Å². The summed E-state index contributed by atoms with van der Waals surface area (Å²) in [5.74, 6) is 3.84.